The van der Waals surface area contributed by atoms with Gasteiger partial charge in [0.25, 0.3) is 0 Å². The van der Waals surface area contributed by atoms with Crippen molar-refractivity contribution in [3.63, 3.8) is 0 Å². The molecule has 1 aliphatic heterocycles. The first-order chi connectivity index (χ1) is 9.26. The minimum absolute atomic E-state index is 0.263. The van der Waals surface area contributed by atoms with Gasteiger partial charge in [-0.25, -0.2) is 0 Å². The van der Waals surface area contributed by atoms with Gasteiger partial charge in [0.05, 0.1) is 5.60 Å². The van der Waals surface area contributed by atoms with Crippen LogP contribution in [-0.2, 0) is 11.2 Å². The summed E-state index contributed by atoms with van der Waals surface area (Å²) in [7, 11) is 0. The van der Waals surface area contributed by atoms with Gasteiger partial charge in [-0.2, -0.15) is 0 Å². The van der Waals surface area contributed by atoms with Crippen molar-refractivity contribution >= 4 is 0 Å². The number of aryl methyl sites for hydroxylation is 1. The van der Waals surface area contributed by atoms with E-state index in [4.69, 9.17) is 4.74 Å². The minimum atomic E-state index is 0.263. The first-order valence-corrected chi connectivity index (χ1v) is 7.69. The first-order valence-electron chi connectivity index (χ1n) is 7.69. The van der Waals surface area contributed by atoms with E-state index in [2.05, 4.69) is 36.5 Å². The van der Waals surface area contributed by atoms with Crippen LogP contribution < -0.4 is 5.32 Å². The van der Waals surface area contributed by atoms with Crippen LogP contribution in [0.25, 0.3) is 0 Å². The highest BCUT2D eigenvalue weighted by Gasteiger charge is 2.42. The lowest BCUT2D eigenvalue weighted by molar-refractivity contribution is -0.135. The van der Waals surface area contributed by atoms with E-state index in [1.807, 2.05) is 0 Å². The molecule has 2 nitrogen and oxygen atoms in total. The van der Waals surface area contributed by atoms with Crippen molar-refractivity contribution in [3.05, 3.63) is 35.4 Å². The van der Waals surface area contributed by atoms with Crippen LogP contribution in [0.1, 0.15) is 43.2 Å². The van der Waals surface area contributed by atoms with Crippen molar-refractivity contribution in [1.29, 1.82) is 0 Å². The third-order valence-corrected chi connectivity index (χ3v) is 4.69. The predicted octanol–water partition coefficient (Wildman–Crippen LogP) is 3.23. The Balaban J connectivity index is 1.44. The lowest BCUT2D eigenvalue weighted by Crippen LogP contribution is -2.51. The zero-order valence-corrected chi connectivity index (χ0v) is 12.0. The van der Waals surface area contributed by atoms with E-state index in [-0.39, 0.29) is 5.60 Å². The van der Waals surface area contributed by atoms with Crippen molar-refractivity contribution in [2.24, 2.45) is 0 Å². The van der Waals surface area contributed by atoms with Crippen LogP contribution in [0, 0.1) is 6.92 Å². The Morgan fingerprint density at radius 2 is 2.26 bits per heavy atom. The van der Waals surface area contributed by atoms with Gasteiger partial charge in [-0.1, -0.05) is 29.8 Å². The lowest BCUT2D eigenvalue weighted by atomic mass is 9.74. The van der Waals surface area contributed by atoms with Gasteiger partial charge < -0.3 is 10.1 Å². The Bertz CT molecular complexity index is 425. The highest BCUT2D eigenvalue weighted by Crippen LogP contribution is 2.42. The fraction of sp³-hybridized carbons (Fsp3) is 0.647. The van der Waals surface area contributed by atoms with Crippen molar-refractivity contribution < 1.29 is 4.74 Å². The molecule has 2 heteroatoms. The van der Waals surface area contributed by atoms with Crippen LogP contribution in [0.2, 0.25) is 0 Å². The van der Waals surface area contributed by atoms with Crippen LogP contribution in [0.5, 0.6) is 0 Å². The van der Waals surface area contributed by atoms with E-state index in [0.29, 0.717) is 6.04 Å². The molecule has 1 saturated heterocycles. The zero-order chi connectivity index (χ0) is 13.1. The number of nitrogens with one attached hydrogen (secondary N) is 1. The summed E-state index contributed by atoms with van der Waals surface area (Å²) in [5, 5.41) is 3.73. The van der Waals surface area contributed by atoms with E-state index < -0.39 is 0 Å². The van der Waals surface area contributed by atoms with Crippen LogP contribution in [-0.4, -0.2) is 24.8 Å². The van der Waals surface area contributed by atoms with Gasteiger partial charge in [0, 0.05) is 12.6 Å². The lowest BCUT2D eigenvalue weighted by Gasteiger charge is -2.47. The highest BCUT2D eigenvalue weighted by molar-refractivity contribution is 5.22. The van der Waals surface area contributed by atoms with Crippen LogP contribution in [0.3, 0.4) is 0 Å². The molecule has 1 aromatic rings. The molecular formula is C17H25NO. The Hall–Kier alpha value is -0.860. The van der Waals surface area contributed by atoms with Gasteiger partial charge in [0.2, 0.25) is 0 Å². The van der Waals surface area contributed by atoms with Crippen LogP contribution >= 0.6 is 0 Å². The molecule has 104 valence electrons. The second-order valence-electron chi connectivity index (χ2n) is 6.27. The average molecular weight is 259 g/mol. The fourth-order valence-corrected chi connectivity index (χ4v) is 3.41. The van der Waals surface area contributed by atoms with Crippen molar-refractivity contribution in [2.45, 2.75) is 57.1 Å². The number of ether oxygens (including phenoxy) is 1. The highest BCUT2D eigenvalue weighted by atomic mass is 16.5. The SMILES string of the molecule is Cc1cccc(CCNC2CCOC3(CCC3)C2)c1. The predicted molar refractivity (Wildman–Crippen MR) is 78.4 cm³/mol. The molecule has 2 aliphatic rings. The molecule has 2 fully saturated rings. The summed E-state index contributed by atoms with van der Waals surface area (Å²) < 4.78 is 5.97. The van der Waals surface area contributed by atoms with Crippen LogP contribution in [0.4, 0.5) is 0 Å². The Morgan fingerprint density at radius 1 is 1.37 bits per heavy atom. The smallest absolute Gasteiger partial charge is 0.0697 e. The molecule has 1 atom stereocenters. The Labute approximate surface area is 116 Å². The average Bonchev–Trinajstić information content (AvgIpc) is 2.37. The van der Waals surface area contributed by atoms with E-state index in [1.54, 1.807) is 0 Å². The van der Waals surface area contributed by atoms with E-state index in [0.717, 1.165) is 19.6 Å². The molecule has 0 radical (unpaired) electrons. The van der Waals surface area contributed by atoms with E-state index >= 15 is 0 Å². The van der Waals surface area contributed by atoms with Gasteiger partial charge in [0.1, 0.15) is 0 Å². The fourth-order valence-electron chi connectivity index (χ4n) is 3.41. The summed E-state index contributed by atoms with van der Waals surface area (Å²) in [6, 6.07) is 9.50. The minimum Gasteiger partial charge on any atom is -0.375 e. The summed E-state index contributed by atoms with van der Waals surface area (Å²) in [6.45, 7) is 4.20. The maximum atomic E-state index is 5.97. The number of benzene rings is 1. The summed E-state index contributed by atoms with van der Waals surface area (Å²) >= 11 is 0. The standard InChI is InChI=1S/C17H25NO/c1-14-4-2-5-15(12-14)6-10-18-16-7-11-19-17(13-16)8-3-9-17/h2,4-5,12,16,18H,3,6-11,13H2,1H3. The first kappa shape index (κ1) is 13.1. The monoisotopic (exact) mass is 259 g/mol. The molecule has 1 saturated carbocycles. The molecule has 0 bridgehead atoms. The van der Waals surface area contributed by atoms with Crippen molar-refractivity contribution in [1.82, 2.24) is 5.32 Å². The number of hydrogen-bond acceptors (Lipinski definition) is 2. The van der Waals surface area contributed by atoms with Gasteiger partial charge in [-0.15, -0.1) is 0 Å². The molecule has 1 spiro atoms. The molecule has 1 aromatic carbocycles. The molecule has 19 heavy (non-hydrogen) atoms. The third kappa shape index (κ3) is 3.18. The molecule has 1 N–H and O–H groups in total. The summed E-state index contributed by atoms with van der Waals surface area (Å²) in [5.74, 6) is 0. The molecule has 3 rings (SSSR count). The molecule has 0 aromatic heterocycles. The number of rotatable bonds is 4. The Morgan fingerprint density at radius 3 is 3.00 bits per heavy atom. The second kappa shape index (κ2) is 5.64. The molecule has 1 unspecified atom stereocenters. The molecule has 1 heterocycles. The number of hydrogen-bond donors (Lipinski definition) is 1. The second-order valence-corrected chi connectivity index (χ2v) is 6.27. The zero-order valence-electron chi connectivity index (χ0n) is 12.0. The normalized spacial score (nSPS) is 25.2. The maximum Gasteiger partial charge on any atom is 0.0697 e. The maximum absolute atomic E-state index is 5.97. The summed E-state index contributed by atoms with van der Waals surface area (Å²) in [5.41, 5.74) is 3.06. The van der Waals surface area contributed by atoms with E-state index in [1.165, 1.54) is 43.2 Å². The quantitative estimate of drug-likeness (QED) is 0.896. The summed E-state index contributed by atoms with van der Waals surface area (Å²) in [4.78, 5) is 0. The van der Waals surface area contributed by atoms with Crippen LogP contribution in [0.15, 0.2) is 24.3 Å². The third-order valence-electron chi connectivity index (χ3n) is 4.69. The van der Waals surface area contributed by atoms with Gasteiger partial charge >= 0.3 is 0 Å². The van der Waals surface area contributed by atoms with Crippen molar-refractivity contribution in [2.75, 3.05) is 13.2 Å². The van der Waals surface area contributed by atoms with E-state index in [9.17, 15) is 0 Å². The molecule has 0 amide bonds. The molecular weight excluding hydrogens is 234 g/mol. The van der Waals surface area contributed by atoms with Gasteiger partial charge in [-0.3, -0.25) is 0 Å². The van der Waals surface area contributed by atoms with Gasteiger partial charge in [0.15, 0.2) is 0 Å². The van der Waals surface area contributed by atoms with Crippen molar-refractivity contribution in [3.8, 4) is 0 Å². The topological polar surface area (TPSA) is 21.3 Å². The summed E-state index contributed by atoms with van der Waals surface area (Å²) in [6.07, 6.45) is 7.45. The largest absolute Gasteiger partial charge is 0.375 e. The van der Waals surface area contributed by atoms with Gasteiger partial charge in [-0.05, 0) is 57.6 Å². The molecule has 1 aliphatic carbocycles. The Kier molecular flexibility index (Phi) is 3.90.